The van der Waals surface area contributed by atoms with Crippen LogP contribution in [-0.2, 0) is 4.74 Å². The van der Waals surface area contributed by atoms with E-state index in [0.717, 1.165) is 31.1 Å². The van der Waals surface area contributed by atoms with Gasteiger partial charge in [0.05, 0.1) is 6.04 Å². The molecule has 0 aromatic carbocycles. The molecule has 0 aliphatic rings. The lowest BCUT2D eigenvalue weighted by Crippen LogP contribution is -2.20. The molecule has 0 aliphatic carbocycles. The first kappa shape index (κ1) is 11.3. The number of nitrogens with one attached hydrogen (secondary N) is 1. The van der Waals surface area contributed by atoms with Gasteiger partial charge in [-0.05, 0) is 38.9 Å². The Kier molecular flexibility index (Phi) is 4.70. The summed E-state index contributed by atoms with van der Waals surface area (Å²) in [6, 6.07) is 4.28. The number of hydrogen-bond acceptors (Lipinski definition) is 3. The molecule has 0 fully saturated rings. The zero-order chi connectivity index (χ0) is 10.4. The molecule has 0 amide bonds. The Bertz CT molecular complexity index is 258. The van der Waals surface area contributed by atoms with Crippen LogP contribution in [0.15, 0.2) is 16.5 Å². The van der Waals surface area contributed by atoms with Gasteiger partial charge in [-0.25, -0.2) is 0 Å². The minimum Gasteiger partial charge on any atom is -0.465 e. The van der Waals surface area contributed by atoms with Gasteiger partial charge < -0.3 is 14.5 Å². The van der Waals surface area contributed by atoms with Crippen LogP contribution in [0.4, 0.5) is 0 Å². The van der Waals surface area contributed by atoms with Gasteiger partial charge in [-0.2, -0.15) is 0 Å². The Morgan fingerprint density at radius 1 is 1.50 bits per heavy atom. The van der Waals surface area contributed by atoms with Crippen LogP contribution in [0.5, 0.6) is 0 Å². The van der Waals surface area contributed by atoms with E-state index < -0.39 is 0 Å². The van der Waals surface area contributed by atoms with Crippen molar-refractivity contribution in [2.75, 3.05) is 20.3 Å². The average molecular weight is 197 g/mol. The highest BCUT2D eigenvalue weighted by Crippen LogP contribution is 2.14. The van der Waals surface area contributed by atoms with E-state index in [2.05, 4.69) is 12.2 Å². The summed E-state index contributed by atoms with van der Waals surface area (Å²) >= 11 is 0. The smallest absolute Gasteiger partial charge is 0.120 e. The molecule has 0 bridgehead atoms. The average Bonchev–Trinajstić information content (AvgIpc) is 2.59. The largest absolute Gasteiger partial charge is 0.465 e. The topological polar surface area (TPSA) is 34.4 Å². The first-order chi connectivity index (χ1) is 6.74. The van der Waals surface area contributed by atoms with Gasteiger partial charge in [0, 0.05) is 13.7 Å². The maximum absolute atomic E-state index is 5.51. The van der Waals surface area contributed by atoms with E-state index in [1.807, 2.05) is 19.1 Å². The van der Waals surface area contributed by atoms with Crippen molar-refractivity contribution in [1.29, 1.82) is 0 Å². The predicted octanol–water partition coefficient (Wildman–Crippen LogP) is 2.28. The molecular weight excluding hydrogens is 178 g/mol. The van der Waals surface area contributed by atoms with E-state index in [9.17, 15) is 0 Å². The van der Waals surface area contributed by atoms with Crippen LogP contribution >= 0.6 is 0 Å². The fourth-order valence-electron chi connectivity index (χ4n) is 1.32. The fourth-order valence-corrected chi connectivity index (χ4v) is 1.32. The van der Waals surface area contributed by atoms with Crippen LogP contribution in [0.2, 0.25) is 0 Å². The molecule has 0 spiro atoms. The highest BCUT2D eigenvalue weighted by atomic mass is 16.5. The summed E-state index contributed by atoms with van der Waals surface area (Å²) in [5.74, 6) is 1.96. The molecule has 0 aliphatic heterocycles. The van der Waals surface area contributed by atoms with Gasteiger partial charge in [0.1, 0.15) is 11.5 Å². The fraction of sp³-hybridized carbons (Fsp3) is 0.636. The minimum absolute atomic E-state index is 0.278. The van der Waals surface area contributed by atoms with E-state index in [4.69, 9.17) is 9.15 Å². The maximum atomic E-state index is 5.51. The molecule has 1 aromatic rings. The van der Waals surface area contributed by atoms with Gasteiger partial charge in [-0.3, -0.25) is 0 Å². The lowest BCUT2D eigenvalue weighted by Gasteiger charge is -2.10. The predicted molar refractivity (Wildman–Crippen MR) is 56.4 cm³/mol. The quantitative estimate of drug-likeness (QED) is 0.710. The molecule has 0 radical (unpaired) electrons. The highest BCUT2D eigenvalue weighted by Gasteiger charge is 2.07. The first-order valence-electron chi connectivity index (χ1n) is 5.02. The number of rotatable bonds is 6. The number of furan rings is 1. The van der Waals surface area contributed by atoms with Crippen molar-refractivity contribution >= 4 is 0 Å². The lowest BCUT2D eigenvalue weighted by molar-refractivity contribution is 0.193. The van der Waals surface area contributed by atoms with Crippen LogP contribution in [0.1, 0.15) is 30.9 Å². The Morgan fingerprint density at radius 3 is 2.86 bits per heavy atom. The van der Waals surface area contributed by atoms with Crippen molar-refractivity contribution < 1.29 is 9.15 Å². The van der Waals surface area contributed by atoms with Gasteiger partial charge in [0.25, 0.3) is 0 Å². The van der Waals surface area contributed by atoms with E-state index in [1.165, 1.54) is 0 Å². The lowest BCUT2D eigenvalue weighted by atomic mass is 10.2. The summed E-state index contributed by atoms with van der Waals surface area (Å²) in [5, 5.41) is 3.37. The van der Waals surface area contributed by atoms with E-state index in [1.54, 1.807) is 7.11 Å². The van der Waals surface area contributed by atoms with Gasteiger partial charge in [0.15, 0.2) is 0 Å². The minimum atomic E-state index is 0.278. The van der Waals surface area contributed by atoms with E-state index in [0.29, 0.717) is 0 Å². The van der Waals surface area contributed by atoms with Crippen LogP contribution in [0.25, 0.3) is 0 Å². The molecule has 1 N–H and O–H groups in total. The molecule has 14 heavy (non-hydrogen) atoms. The summed E-state index contributed by atoms with van der Waals surface area (Å²) in [5.41, 5.74) is 0. The SMILES string of the molecule is COCCCN[C@H](C)c1ccc(C)o1. The highest BCUT2D eigenvalue weighted by molar-refractivity contribution is 5.08. The molecule has 3 nitrogen and oxygen atoms in total. The summed E-state index contributed by atoms with van der Waals surface area (Å²) < 4.78 is 10.5. The first-order valence-corrected chi connectivity index (χ1v) is 5.02. The Labute approximate surface area is 85.4 Å². The van der Waals surface area contributed by atoms with E-state index >= 15 is 0 Å². The zero-order valence-corrected chi connectivity index (χ0v) is 9.17. The Balaban J connectivity index is 2.25. The summed E-state index contributed by atoms with van der Waals surface area (Å²) in [6.07, 6.45) is 1.03. The van der Waals surface area contributed by atoms with Crippen molar-refractivity contribution in [3.63, 3.8) is 0 Å². The second-order valence-electron chi connectivity index (χ2n) is 3.47. The summed E-state index contributed by atoms with van der Waals surface area (Å²) in [7, 11) is 1.72. The molecule has 1 heterocycles. The van der Waals surface area contributed by atoms with Crippen molar-refractivity contribution in [2.45, 2.75) is 26.3 Å². The second-order valence-corrected chi connectivity index (χ2v) is 3.47. The number of ether oxygens (including phenoxy) is 1. The second kappa shape index (κ2) is 5.83. The Hall–Kier alpha value is -0.800. The van der Waals surface area contributed by atoms with Gasteiger partial charge in [-0.1, -0.05) is 0 Å². The number of aryl methyl sites for hydroxylation is 1. The van der Waals surface area contributed by atoms with E-state index in [-0.39, 0.29) is 6.04 Å². The molecular formula is C11H19NO2. The Morgan fingerprint density at radius 2 is 2.29 bits per heavy atom. The van der Waals surface area contributed by atoms with Crippen LogP contribution in [0.3, 0.4) is 0 Å². The standard InChI is InChI=1S/C11H19NO2/c1-9-5-6-11(14-9)10(2)12-7-4-8-13-3/h5-6,10,12H,4,7-8H2,1-3H3/t10-/m1/s1. The van der Waals surface area contributed by atoms with Crippen LogP contribution in [-0.4, -0.2) is 20.3 Å². The zero-order valence-electron chi connectivity index (χ0n) is 9.17. The third-order valence-electron chi connectivity index (χ3n) is 2.16. The van der Waals surface area contributed by atoms with Gasteiger partial charge >= 0.3 is 0 Å². The van der Waals surface area contributed by atoms with Crippen LogP contribution < -0.4 is 5.32 Å². The molecule has 0 unspecified atom stereocenters. The number of hydrogen-bond donors (Lipinski definition) is 1. The van der Waals surface area contributed by atoms with Crippen LogP contribution in [0, 0.1) is 6.92 Å². The van der Waals surface area contributed by atoms with Crippen molar-refractivity contribution in [3.05, 3.63) is 23.7 Å². The molecule has 3 heteroatoms. The van der Waals surface area contributed by atoms with Crippen molar-refractivity contribution in [2.24, 2.45) is 0 Å². The van der Waals surface area contributed by atoms with Crippen molar-refractivity contribution in [1.82, 2.24) is 5.32 Å². The molecule has 1 aromatic heterocycles. The monoisotopic (exact) mass is 197 g/mol. The molecule has 80 valence electrons. The van der Waals surface area contributed by atoms with Gasteiger partial charge in [-0.15, -0.1) is 0 Å². The summed E-state index contributed by atoms with van der Waals surface area (Å²) in [6.45, 7) is 5.82. The molecule has 1 rings (SSSR count). The normalized spacial score (nSPS) is 13.1. The third kappa shape index (κ3) is 3.52. The molecule has 0 saturated carbocycles. The van der Waals surface area contributed by atoms with Gasteiger partial charge in [0.2, 0.25) is 0 Å². The number of methoxy groups -OCH3 is 1. The summed E-state index contributed by atoms with van der Waals surface area (Å²) in [4.78, 5) is 0. The molecule has 0 saturated heterocycles. The van der Waals surface area contributed by atoms with Crippen molar-refractivity contribution in [3.8, 4) is 0 Å². The maximum Gasteiger partial charge on any atom is 0.120 e. The third-order valence-corrected chi connectivity index (χ3v) is 2.16. The molecule has 1 atom stereocenters.